The number of rotatable bonds is 11. The van der Waals surface area contributed by atoms with Crippen LogP contribution in [-0.2, 0) is 19.9 Å². The van der Waals surface area contributed by atoms with Crippen LogP contribution >= 0.6 is 0 Å². The van der Waals surface area contributed by atoms with E-state index in [2.05, 4.69) is 20.3 Å². The molecule has 0 aliphatic carbocycles. The lowest BCUT2D eigenvalue weighted by Gasteiger charge is -2.37. The molecule has 0 radical (unpaired) electrons. The number of methoxy groups -OCH3 is 2. The highest BCUT2D eigenvalue weighted by Gasteiger charge is 2.42. The maximum Gasteiger partial charge on any atom is 0.280 e. The molecule has 3 atom stereocenters. The van der Waals surface area contributed by atoms with Gasteiger partial charge in [0, 0.05) is 12.3 Å². The lowest BCUT2D eigenvalue weighted by atomic mass is 9.80. The summed E-state index contributed by atoms with van der Waals surface area (Å²) in [6, 6.07) is 25.2. The minimum absolute atomic E-state index is 0.00741. The molecule has 0 unspecified atom stereocenters. The summed E-state index contributed by atoms with van der Waals surface area (Å²) in [5.41, 5.74) is 1.28. The van der Waals surface area contributed by atoms with Crippen molar-refractivity contribution in [2.24, 2.45) is 5.92 Å². The number of aliphatic hydroxyl groups is 1. The Balaban J connectivity index is 1.33. The molecule has 3 heterocycles. The summed E-state index contributed by atoms with van der Waals surface area (Å²) in [6.45, 7) is 3.49. The van der Waals surface area contributed by atoms with Crippen LogP contribution in [0.15, 0.2) is 90.0 Å². The van der Waals surface area contributed by atoms with E-state index in [1.54, 1.807) is 32.6 Å². The largest absolute Gasteiger partial charge is 0.497 e. The number of amides is 1. The molecule has 1 amide bonds. The second-order valence-corrected chi connectivity index (χ2v) is 11.6. The second kappa shape index (κ2) is 13.4. The first kappa shape index (κ1) is 31.9. The van der Waals surface area contributed by atoms with E-state index in [-0.39, 0.29) is 42.0 Å². The van der Waals surface area contributed by atoms with Crippen LogP contribution < -0.4 is 20.3 Å². The van der Waals surface area contributed by atoms with Gasteiger partial charge in [0.2, 0.25) is 11.9 Å². The number of aromatic amines is 1. The predicted octanol–water partition coefficient (Wildman–Crippen LogP) is 4.39. The molecule has 3 N–H and O–H groups in total. The maximum absolute atomic E-state index is 12.8. The van der Waals surface area contributed by atoms with Gasteiger partial charge in [-0.1, -0.05) is 68.4 Å². The standard InChI is InChI=1S/C35H37N5O7/c1-21(2)32(42)38-34-37-31-30(33(43)39-34)36-20-40(31)29-18-27(41)28(47-29)19-46-35(22-8-6-5-7-9-22,23-10-14-25(44-3)15-11-23)24-12-16-26(45-4)17-13-24/h5-17,20-21,27-29,41H,18-19H2,1-4H3,(H2,37,38,39,42,43)/t27-,28+,29+/m1/s1. The summed E-state index contributed by atoms with van der Waals surface area (Å²) in [7, 11) is 3.23. The summed E-state index contributed by atoms with van der Waals surface area (Å²) >= 11 is 0. The Morgan fingerprint density at radius 2 is 1.60 bits per heavy atom. The van der Waals surface area contributed by atoms with Crippen LogP contribution in [-0.4, -0.2) is 63.6 Å². The number of aliphatic hydroxyl groups excluding tert-OH is 1. The van der Waals surface area contributed by atoms with Gasteiger partial charge in [0.25, 0.3) is 5.56 Å². The predicted molar refractivity (Wildman–Crippen MR) is 174 cm³/mol. The molecule has 1 fully saturated rings. The minimum Gasteiger partial charge on any atom is -0.497 e. The van der Waals surface area contributed by atoms with Crippen molar-refractivity contribution in [1.29, 1.82) is 0 Å². The molecule has 47 heavy (non-hydrogen) atoms. The third-order valence-electron chi connectivity index (χ3n) is 8.35. The highest BCUT2D eigenvalue weighted by atomic mass is 16.6. The number of ether oxygens (including phenoxy) is 4. The SMILES string of the molecule is COc1ccc(C(OC[C@@H]2O[C@H](n3cnc4c(=O)[nH]c(NC(=O)C(C)C)nc43)C[C@H]2O)(c2ccccc2)c2ccc(OC)cc2)cc1. The molecule has 1 aliphatic heterocycles. The number of nitrogens with zero attached hydrogens (tertiary/aromatic N) is 3. The lowest BCUT2D eigenvalue weighted by molar-refractivity contribution is -0.118. The average molecular weight is 640 g/mol. The van der Waals surface area contributed by atoms with Crippen LogP contribution in [0.2, 0.25) is 0 Å². The smallest absolute Gasteiger partial charge is 0.280 e. The lowest BCUT2D eigenvalue weighted by Crippen LogP contribution is -2.38. The van der Waals surface area contributed by atoms with Crippen molar-refractivity contribution in [3.63, 3.8) is 0 Å². The number of H-pyrrole nitrogens is 1. The number of aromatic nitrogens is 4. The van der Waals surface area contributed by atoms with E-state index >= 15 is 0 Å². The number of hydrogen-bond acceptors (Lipinski definition) is 9. The highest BCUT2D eigenvalue weighted by Crippen LogP contribution is 2.43. The Morgan fingerprint density at radius 3 is 2.17 bits per heavy atom. The fraction of sp³-hybridized carbons (Fsp3) is 0.314. The molecule has 0 saturated carbocycles. The maximum atomic E-state index is 12.8. The van der Waals surface area contributed by atoms with Gasteiger partial charge in [-0.05, 0) is 41.0 Å². The third-order valence-corrected chi connectivity index (χ3v) is 8.35. The number of imidazole rings is 1. The molecule has 2 aromatic heterocycles. The van der Waals surface area contributed by atoms with E-state index < -0.39 is 29.6 Å². The quantitative estimate of drug-likeness (QED) is 0.179. The number of anilines is 1. The molecule has 0 spiro atoms. The molecule has 5 aromatic rings. The van der Waals surface area contributed by atoms with Crippen molar-refractivity contribution in [2.75, 3.05) is 26.1 Å². The Morgan fingerprint density at radius 1 is 1.00 bits per heavy atom. The first-order valence-electron chi connectivity index (χ1n) is 15.3. The zero-order valence-electron chi connectivity index (χ0n) is 26.5. The Bertz CT molecular complexity index is 1840. The van der Waals surface area contributed by atoms with Gasteiger partial charge < -0.3 is 24.1 Å². The summed E-state index contributed by atoms with van der Waals surface area (Å²) in [5.74, 6) is 0.810. The first-order chi connectivity index (χ1) is 22.7. The first-order valence-corrected chi connectivity index (χ1v) is 15.3. The summed E-state index contributed by atoms with van der Waals surface area (Å²) in [5, 5.41) is 13.9. The number of carbonyl (C=O) groups excluding carboxylic acids is 1. The van der Waals surface area contributed by atoms with Crippen LogP contribution in [0.3, 0.4) is 0 Å². The Hall–Kier alpha value is -5.04. The number of hydrogen-bond donors (Lipinski definition) is 3. The molecular weight excluding hydrogens is 602 g/mol. The van der Waals surface area contributed by atoms with Gasteiger partial charge in [0.05, 0.1) is 33.3 Å². The molecule has 1 aliphatic rings. The van der Waals surface area contributed by atoms with Crippen molar-refractivity contribution in [1.82, 2.24) is 19.5 Å². The van der Waals surface area contributed by atoms with E-state index in [4.69, 9.17) is 18.9 Å². The number of fused-ring (bicyclic) bond motifs is 1. The van der Waals surface area contributed by atoms with E-state index in [1.807, 2.05) is 78.9 Å². The van der Waals surface area contributed by atoms with Gasteiger partial charge in [0.1, 0.15) is 29.4 Å². The average Bonchev–Trinajstić information content (AvgIpc) is 3.69. The van der Waals surface area contributed by atoms with Crippen molar-refractivity contribution in [3.8, 4) is 11.5 Å². The summed E-state index contributed by atoms with van der Waals surface area (Å²) in [4.78, 5) is 36.3. The monoisotopic (exact) mass is 639 g/mol. The van der Waals surface area contributed by atoms with Crippen LogP contribution in [0, 0.1) is 5.92 Å². The van der Waals surface area contributed by atoms with Crippen molar-refractivity contribution in [2.45, 2.75) is 44.3 Å². The van der Waals surface area contributed by atoms with Gasteiger partial charge in [-0.3, -0.25) is 24.5 Å². The van der Waals surface area contributed by atoms with Gasteiger partial charge in [0.15, 0.2) is 11.2 Å². The molecule has 244 valence electrons. The zero-order valence-corrected chi connectivity index (χ0v) is 26.5. The fourth-order valence-corrected chi connectivity index (χ4v) is 5.77. The molecule has 3 aromatic carbocycles. The topological polar surface area (TPSA) is 150 Å². The number of carbonyl (C=O) groups is 1. The zero-order chi connectivity index (χ0) is 33.1. The number of nitrogens with one attached hydrogen (secondary N) is 2. The van der Waals surface area contributed by atoms with Gasteiger partial charge in [-0.2, -0.15) is 4.98 Å². The normalized spacial score (nSPS) is 18.0. The van der Waals surface area contributed by atoms with Gasteiger partial charge >= 0.3 is 0 Å². The third kappa shape index (κ3) is 6.22. The highest BCUT2D eigenvalue weighted by molar-refractivity contribution is 5.91. The molecule has 12 heteroatoms. The minimum atomic E-state index is -1.10. The van der Waals surface area contributed by atoms with Crippen LogP contribution in [0.5, 0.6) is 11.5 Å². The van der Waals surface area contributed by atoms with Crippen molar-refractivity contribution >= 4 is 23.0 Å². The molecule has 6 rings (SSSR count). The molecule has 1 saturated heterocycles. The van der Waals surface area contributed by atoms with E-state index in [1.165, 1.54) is 6.33 Å². The second-order valence-electron chi connectivity index (χ2n) is 11.6. The van der Waals surface area contributed by atoms with Crippen LogP contribution in [0.25, 0.3) is 11.2 Å². The van der Waals surface area contributed by atoms with Crippen molar-refractivity contribution in [3.05, 3.63) is 112 Å². The van der Waals surface area contributed by atoms with E-state index in [0.29, 0.717) is 11.5 Å². The fourth-order valence-electron chi connectivity index (χ4n) is 5.77. The van der Waals surface area contributed by atoms with E-state index in [0.717, 1.165) is 16.7 Å². The molecule has 12 nitrogen and oxygen atoms in total. The van der Waals surface area contributed by atoms with Crippen molar-refractivity contribution < 1.29 is 28.8 Å². The Kier molecular flexibility index (Phi) is 9.08. The molecular formula is C35H37N5O7. The van der Waals surface area contributed by atoms with E-state index in [9.17, 15) is 14.7 Å². The van der Waals surface area contributed by atoms with Gasteiger partial charge in [-0.15, -0.1) is 0 Å². The van der Waals surface area contributed by atoms with Crippen LogP contribution in [0.1, 0.15) is 43.2 Å². The molecule has 0 bridgehead atoms. The van der Waals surface area contributed by atoms with Gasteiger partial charge in [-0.25, -0.2) is 4.98 Å². The van der Waals surface area contributed by atoms with Crippen LogP contribution in [0.4, 0.5) is 5.95 Å². The summed E-state index contributed by atoms with van der Waals surface area (Å²) in [6.07, 6.45) is -0.686. The number of benzene rings is 3. The summed E-state index contributed by atoms with van der Waals surface area (Å²) < 4.78 is 25.8. The Labute approximate surface area is 271 Å².